The molecule has 0 bridgehead atoms. The lowest BCUT2D eigenvalue weighted by Gasteiger charge is -2.13. The number of benzene rings is 4. The van der Waals surface area contributed by atoms with Crippen molar-refractivity contribution >= 4 is 145 Å². The van der Waals surface area contributed by atoms with E-state index in [9.17, 15) is 51.9 Å². The summed E-state index contributed by atoms with van der Waals surface area (Å²) in [6, 6.07) is 12.3. The molecule has 0 atom stereocenters. The lowest BCUT2D eigenvalue weighted by Crippen LogP contribution is -2.17. The first-order valence-corrected chi connectivity index (χ1v) is 26.8. The predicted molar refractivity (Wildman–Crippen MR) is 253 cm³/mol. The molecule has 3 heterocycles. The molecule has 0 radical (unpaired) electrons. The molecule has 0 unspecified atom stereocenters. The maximum absolute atomic E-state index is 12.2. The first kappa shape index (κ1) is 53.2. The molecule has 7 rings (SSSR count). The molecule has 0 saturated carbocycles. The zero-order chi connectivity index (χ0) is 51.8. The summed E-state index contributed by atoms with van der Waals surface area (Å²) in [5, 5.41) is 41.5. The first-order valence-electron chi connectivity index (χ1n) is 19.2. The molecule has 0 aliphatic heterocycles. The van der Waals surface area contributed by atoms with Gasteiger partial charge in [0.1, 0.15) is 9.79 Å². The van der Waals surface area contributed by atoms with E-state index in [2.05, 4.69) is 90.5 Å². The van der Waals surface area contributed by atoms with Crippen LogP contribution in [-0.4, -0.2) is 127 Å². The van der Waals surface area contributed by atoms with Crippen molar-refractivity contribution in [2.24, 2.45) is 0 Å². The Morgan fingerprint density at radius 3 is 1.46 bits per heavy atom. The number of rotatable bonds is 24. The van der Waals surface area contributed by atoms with E-state index in [0.29, 0.717) is 23.8 Å². The highest BCUT2D eigenvalue weighted by molar-refractivity contribution is 7.94. The number of hydrogen-bond donors (Lipinski definition) is 12. The van der Waals surface area contributed by atoms with Crippen LogP contribution in [0.25, 0.3) is 21.5 Å². The third-order valence-corrected chi connectivity index (χ3v) is 13.3. The summed E-state index contributed by atoms with van der Waals surface area (Å²) in [4.78, 5) is 32.3. The van der Waals surface area contributed by atoms with Crippen molar-refractivity contribution in [1.29, 1.82) is 0 Å². The summed E-state index contributed by atoms with van der Waals surface area (Å²) >= 11 is 1.21. The van der Waals surface area contributed by atoms with Gasteiger partial charge < -0.3 is 31.9 Å². The molecular formula is C34H32N14O18S6. The Balaban J connectivity index is 1.14. The van der Waals surface area contributed by atoms with Gasteiger partial charge in [-0.1, -0.05) is 22.2 Å². The average molecular weight is 1120 g/mol. The van der Waals surface area contributed by atoms with E-state index in [0.717, 1.165) is 24.2 Å². The summed E-state index contributed by atoms with van der Waals surface area (Å²) in [5.74, 6) is -1.23. The van der Waals surface area contributed by atoms with Crippen LogP contribution in [0.5, 0.6) is 0 Å². The highest BCUT2D eigenvalue weighted by atomic mass is 32.2. The van der Waals surface area contributed by atoms with Crippen LogP contribution in [0.15, 0.2) is 92.6 Å². The van der Waals surface area contributed by atoms with Crippen molar-refractivity contribution in [3.63, 3.8) is 0 Å². The van der Waals surface area contributed by atoms with Crippen molar-refractivity contribution < 1.29 is 81.1 Å². The highest BCUT2D eigenvalue weighted by Crippen LogP contribution is 2.34. The normalized spacial score (nSPS) is 12.2. The van der Waals surface area contributed by atoms with E-state index >= 15 is 0 Å². The molecule has 12 N–H and O–H groups in total. The van der Waals surface area contributed by atoms with Crippen LogP contribution >= 0.6 is 24.1 Å². The van der Waals surface area contributed by atoms with E-state index in [-0.39, 0.29) is 98.3 Å². The molecule has 0 amide bonds. The fourth-order valence-electron chi connectivity index (χ4n) is 6.08. The third-order valence-electron chi connectivity index (χ3n) is 8.90. The van der Waals surface area contributed by atoms with Gasteiger partial charge in [0.05, 0.1) is 35.1 Å². The number of hydrogen-bond acceptors (Lipinski definition) is 30. The van der Waals surface area contributed by atoms with E-state index < -0.39 is 60.9 Å². The van der Waals surface area contributed by atoms with E-state index in [1.54, 1.807) is 0 Å². The van der Waals surface area contributed by atoms with Gasteiger partial charge in [0, 0.05) is 57.9 Å². The topological polar surface area (TPSA) is 470 Å². The van der Waals surface area contributed by atoms with Gasteiger partial charge in [-0.05, 0) is 59.3 Å². The van der Waals surface area contributed by atoms with Crippen molar-refractivity contribution in [2.75, 3.05) is 56.5 Å². The zero-order valence-corrected chi connectivity index (χ0v) is 40.3. The van der Waals surface area contributed by atoms with Crippen LogP contribution in [0.4, 0.5) is 58.7 Å². The maximum atomic E-state index is 12.2. The van der Waals surface area contributed by atoms with Gasteiger partial charge in [-0.2, -0.15) is 63.6 Å². The lowest BCUT2D eigenvalue weighted by atomic mass is 10.1. The van der Waals surface area contributed by atoms with Gasteiger partial charge in [0.25, 0.3) is 40.5 Å². The largest absolute Gasteiger partial charge is 0.353 e. The Bertz CT molecular complexity index is 3610. The first-order chi connectivity index (χ1) is 34.0. The summed E-state index contributed by atoms with van der Waals surface area (Å²) < 4.78 is 143. The molecule has 38 heteroatoms. The second kappa shape index (κ2) is 22.4. The maximum Gasteiger partial charge on any atom is 0.295 e. The smallest absolute Gasteiger partial charge is 0.295 e. The Morgan fingerprint density at radius 2 is 0.986 bits per heavy atom. The third kappa shape index (κ3) is 14.7. The molecule has 7 aromatic rings. The van der Waals surface area contributed by atoms with Gasteiger partial charge in [0.2, 0.25) is 35.7 Å². The molecule has 0 aliphatic carbocycles. The van der Waals surface area contributed by atoms with Gasteiger partial charge in [-0.15, -0.1) is 8.67 Å². The van der Waals surface area contributed by atoms with Crippen LogP contribution in [-0.2, 0) is 59.2 Å². The van der Waals surface area contributed by atoms with Crippen molar-refractivity contribution in [2.45, 2.75) is 19.6 Å². The minimum Gasteiger partial charge on any atom is -0.353 e. The minimum atomic E-state index is -4.97. The van der Waals surface area contributed by atoms with Gasteiger partial charge in [-0.3, -0.25) is 18.2 Å². The summed E-state index contributed by atoms with van der Waals surface area (Å²) in [5.41, 5.74) is 0.440. The number of nitrogens with one attached hydrogen (secondary N) is 6. The molecule has 3 aromatic heterocycles. The van der Waals surface area contributed by atoms with Gasteiger partial charge in [-0.25, -0.2) is 20.5 Å². The molecule has 382 valence electrons. The van der Waals surface area contributed by atoms with Crippen LogP contribution in [0.1, 0.15) is 0 Å². The van der Waals surface area contributed by atoms with E-state index in [4.69, 9.17) is 10.5 Å². The lowest BCUT2D eigenvalue weighted by molar-refractivity contribution is -0.432. The average Bonchev–Trinajstić information content (AvgIpc) is 3.29. The van der Waals surface area contributed by atoms with Gasteiger partial charge in [0.15, 0.2) is 11.6 Å². The van der Waals surface area contributed by atoms with E-state index in [1.807, 2.05) is 0 Å². The summed E-state index contributed by atoms with van der Waals surface area (Å²) in [6.45, 7) is -0.194. The molecule has 32 nitrogen and oxygen atoms in total. The Morgan fingerprint density at radius 1 is 0.514 bits per heavy atom. The number of aromatic nitrogens is 8. The SMILES string of the molecule is O=S(=O)(O)CCNc1nc(Nc2ccc3c(S(=O)(=O)O)cc(S(=O)(=O)O)cc3c2)nc(Nc2cnc(Nc3nc(NCCSOOO)nc(Nc4ccc5c(S(=O)(=O)O)cc(SOOO)cc5c4)n3)cn2)n1. The van der Waals surface area contributed by atoms with Crippen LogP contribution in [0.2, 0.25) is 0 Å². The second-order valence-corrected chi connectivity index (χ2v) is 21.2. The minimum absolute atomic E-state index is 0.00991. The molecule has 0 aliphatic rings. The molecule has 72 heavy (non-hydrogen) atoms. The number of fused-ring (bicyclic) bond motifs is 2. The fraction of sp³-hybridized carbons (Fsp3) is 0.118. The summed E-state index contributed by atoms with van der Waals surface area (Å²) in [7, 11) is -19.1. The van der Waals surface area contributed by atoms with Crippen molar-refractivity contribution in [1.82, 2.24) is 39.9 Å². The zero-order valence-electron chi connectivity index (χ0n) is 35.4. The molecule has 0 spiro atoms. The van der Waals surface area contributed by atoms with Crippen LogP contribution in [0, 0.1) is 0 Å². The molecular weight excluding hydrogens is 1080 g/mol. The van der Waals surface area contributed by atoms with Crippen molar-refractivity contribution in [3.05, 3.63) is 73.1 Å². The van der Waals surface area contributed by atoms with Gasteiger partial charge >= 0.3 is 0 Å². The Hall–Kier alpha value is -6.60. The second-order valence-electron chi connectivity index (χ2n) is 13.9. The molecule has 0 fully saturated rings. The van der Waals surface area contributed by atoms with E-state index in [1.165, 1.54) is 54.9 Å². The van der Waals surface area contributed by atoms with Crippen LogP contribution < -0.4 is 31.9 Å². The number of nitrogens with zero attached hydrogens (tertiary/aromatic N) is 8. The van der Waals surface area contributed by atoms with Crippen molar-refractivity contribution in [3.8, 4) is 0 Å². The standard InChI is InChI=1S/C34H32N14O18S6/c49-63-65-67-7-5-35-29-43-31(39-19-1-3-23-17(9-19)11-21(68-66-64-50)13-25(23)71(57,58)59)47-33(45-29)41-27-15-38-28(16-37-27)42-34-46-30(36-6-8-69(51,52)53)44-32(48-34)40-20-2-4-24-18(10-20)12-22(70(54,55)56)14-26(24)72(60,61)62/h1-4,9-16,49-50H,5-8H2,(H,51,52,53)(H,54,55,56)(H,57,58,59)(H,60,61,62)(H3,35,37,39,41,43,45,47)(H3,36,38,40,42,44,46,48). The highest BCUT2D eigenvalue weighted by Gasteiger charge is 2.22. The number of anilines is 10. The predicted octanol–water partition coefficient (Wildman–Crippen LogP) is 4.08. The molecule has 0 saturated heterocycles. The monoisotopic (exact) mass is 1120 g/mol. The van der Waals surface area contributed by atoms with Crippen LogP contribution in [0.3, 0.4) is 0 Å². The fourth-order valence-corrected chi connectivity index (χ4v) is 9.36. The summed E-state index contributed by atoms with van der Waals surface area (Å²) in [6.07, 6.45) is 2.47. The Labute approximate surface area is 412 Å². The Kier molecular flexibility index (Phi) is 16.6. The quantitative estimate of drug-likeness (QED) is 0.0133. The molecule has 4 aromatic carbocycles.